The van der Waals surface area contributed by atoms with Crippen LogP contribution in [0.4, 0.5) is 0 Å². The lowest BCUT2D eigenvalue weighted by Crippen LogP contribution is -2.27. The van der Waals surface area contributed by atoms with Crippen molar-refractivity contribution in [1.29, 1.82) is 0 Å². The maximum Gasteiger partial charge on any atom is 0.308 e. The first-order chi connectivity index (χ1) is 26.5. The van der Waals surface area contributed by atoms with Crippen LogP contribution in [-0.4, -0.2) is 74.4 Å². The van der Waals surface area contributed by atoms with Crippen LogP contribution < -0.4 is 9.55 Å². The maximum atomic E-state index is 12.7. The summed E-state index contributed by atoms with van der Waals surface area (Å²) in [6.45, 7) is 8.04. The Morgan fingerprint density at radius 2 is 1.04 bits per heavy atom. The number of fused-ring (bicyclic) bond motifs is 6. The maximum absolute atomic E-state index is 12.7. The minimum Gasteiger partial charge on any atom is -0.469 e. The van der Waals surface area contributed by atoms with Crippen molar-refractivity contribution in [3.63, 3.8) is 0 Å². The highest BCUT2D eigenvalue weighted by molar-refractivity contribution is 7.31. The van der Waals surface area contributed by atoms with E-state index in [-0.39, 0.29) is 12.8 Å². The summed E-state index contributed by atoms with van der Waals surface area (Å²) >= 11 is 16.0. The Labute approximate surface area is 335 Å². The van der Waals surface area contributed by atoms with Gasteiger partial charge in [-0.05, 0) is 72.6 Å². The van der Waals surface area contributed by atoms with Crippen LogP contribution >= 0.6 is 45.9 Å². The summed E-state index contributed by atoms with van der Waals surface area (Å²) in [4.78, 5) is 35.7. The first kappa shape index (κ1) is 37.0. The molecule has 2 atom stereocenters. The topological polar surface area (TPSA) is 139 Å². The number of thiophene rings is 2. The molecule has 2 aliphatic heterocycles. The molecular formula is C38H33BCl2N8O4S2. The number of hydrogen-bond acceptors (Lipinski definition) is 12. The van der Waals surface area contributed by atoms with Crippen LogP contribution in [0, 0.1) is 27.7 Å². The van der Waals surface area contributed by atoms with Crippen LogP contribution in [-0.2, 0) is 19.1 Å². The Bertz CT molecular complexity index is 2400. The number of aromatic nitrogens is 6. The quantitative estimate of drug-likeness (QED) is 0.139. The lowest BCUT2D eigenvalue weighted by Gasteiger charge is -2.12. The number of halogens is 2. The molecule has 0 amide bonds. The van der Waals surface area contributed by atoms with Gasteiger partial charge in [-0.15, -0.1) is 43.1 Å². The Balaban J connectivity index is 1.30. The zero-order chi connectivity index (χ0) is 38.7. The van der Waals surface area contributed by atoms with Crippen LogP contribution in [0.3, 0.4) is 0 Å². The summed E-state index contributed by atoms with van der Waals surface area (Å²) in [5, 5.41) is 21.0. The summed E-state index contributed by atoms with van der Waals surface area (Å²) in [7, 11) is 3.35. The lowest BCUT2D eigenvalue weighted by molar-refractivity contribution is -0.142. The molecule has 8 rings (SSSR count). The Hall–Kier alpha value is -4.96. The van der Waals surface area contributed by atoms with E-state index < -0.39 is 24.0 Å². The van der Waals surface area contributed by atoms with E-state index in [1.807, 2.05) is 71.5 Å². The number of methoxy groups -OCH3 is 2. The van der Waals surface area contributed by atoms with Gasteiger partial charge in [-0.25, -0.2) is 0 Å². The number of ether oxygens (including phenoxy) is 2. The fourth-order valence-electron chi connectivity index (χ4n) is 7.10. The molecule has 0 bridgehead atoms. The van der Waals surface area contributed by atoms with Crippen molar-refractivity contribution in [2.24, 2.45) is 9.98 Å². The smallest absolute Gasteiger partial charge is 0.308 e. The minimum atomic E-state index is -0.619. The van der Waals surface area contributed by atoms with Crippen molar-refractivity contribution in [3.8, 4) is 10.0 Å². The first-order valence-electron chi connectivity index (χ1n) is 17.4. The molecule has 0 fully saturated rings. The Morgan fingerprint density at radius 1 is 0.655 bits per heavy atom. The van der Waals surface area contributed by atoms with Gasteiger partial charge in [0.25, 0.3) is 0 Å². The molecule has 12 nitrogen and oxygen atoms in total. The molecule has 6 heterocycles. The van der Waals surface area contributed by atoms with Gasteiger partial charge in [0.15, 0.2) is 11.6 Å². The van der Waals surface area contributed by atoms with Gasteiger partial charge in [-0.1, -0.05) is 47.5 Å². The summed E-state index contributed by atoms with van der Waals surface area (Å²) in [5.74, 6) is 1.73. The van der Waals surface area contributed by atoms with Gasteiger partial charge in [-0.2, -0.15) is 0 Å². The number of aryl methyl sites for hydroxylation is 2. The van der Waals surface area contributed by atoms with Crippen molar-refractivity contribution in [1.82, 2.24) is 29.5 Å². The standard InChI is InChI=1S/C38H33BCl2N8O4S2/c1-17-29-31(21-7-11-23(40)12-8-21)42-25(15-27(50)52-5)35-46-44-19(3)48(35)37(29)54-33(17)39-34-18(2)30-32(22-9-13-24(41)14-10-22)43-26(16-28(51)53-6)36-47-45-20(4)49(36)38(30)55-34/h7-14,25-26,39H,15-16H2,1-6H3. The summed E-state index contributed by atoms with van der Waals surface area (Å²) < 4.78 is 16.4. The summed E-state index contributed by atoms with van der Waals surface area (Å²) in [6.07, 6.45) is 0.0179. The molecule has 0 N–H and O–H groups in total. The number of rotatable bonds is 8. The van der Waals surface area contributed by atoms with E-state index in [9.17, 15) is 9.59 Å². The molecule has 2 aliphatic rings. The van der Waals surface area contributed by atoms with E-state index >= 15 is 0 Å². The second kappa shape index (κ2) is 14.6. The molecule has 0 saturated carbocycles. The molecule has 4 aromatic heterocycles. The summed E-state index contributed by atoms with van der Waals surface area (Å²) in [6, 6.07) is 13.9. The van der Waals surface area contributed by atoms with Gasteiger partial charge in [0, 0.05) is 32.3 Å². The van der Waals surface area contributed by atoms with Crippen LogP contribution in [0.1, 0.15) is 81.6 Å². The van der Waals surface area contributed by atoms with Crippen molar-refractivity contribution in [2.75, 3.05) is 14.2 Å². The number of benzene rings is 2. The molecule has 0 spiro atoms. The van der Waals surface area contributed by atoms with E-state index in [2.05, 4.69) is 34.2 Å². The van der Waals surface area contributed by atoms with Gasteiger partial charge in [0.05, 0.1) is 38.5 Å². The van der Waals surface area contributed by atoms with E-state index in [4.69, 9.17) is 42.7 Å². The number of hydrogen-bond donors (Lipinski definition) is 0. The van der Waals surface area contributed by atoms with Crippen molar-refractivity contribution < 1.29 is 19.1 Å². The third-order valence-electron chi connectivity index (χ3n) is 9.93. The lowest BCUT2D eigenvalue weighted by atomic mass is 9.70. The average molecular weight is 812 g/mol. The molecule has 2 unspecified atom stereocenters. The second-order valence-corrected chi connectivity index (χ2v) is 16.3. The van der Waals surface area contributed by atoms with Gasteiger partial charge < -0.3 is 9.47 Å². The fourth-order valence-corrected chi connectivity index (χ4v) is 10.2. The van der Waals surface area contributed by atoms with Crippen LogP contribution in [0.5, 0.6) is 0 Å². The van der Waals surface area contributed by atoms with E-state index in [1.165, 1.54) is 14.2 Å². The highest BCUT2D eigenvalue weighted by Gasteiger charge is 2.36. The van der Waals surface area contributed by atoms with E-state index in [0.717, 1.165) is 64.4 Å². The Kier molecular flexibility index (Phi) is 9.82. The molecule has 278 valence electrons. The number of esters is 2. The number of aliphatic imine (C=N–C) groups is 2. The van der Waals surface area contributed by atoms with Gasteiger partial charge in [0.1, 0.15) is 33.7 Å². The normalized spacial score (nSPS) is 15.8. The van der Waals surface area contributed by atoms with Crippen molar-refractivity contribution >= 4 is 86.1 Å². The molecule has 2 aromatic carbocycles. The van der Waals surface area contributed by atoms with Gasteiger partial charge in [0.2, 0.25) is 7.28 Å². The highest BCUT2D eigenvalue weighted by atomic mass is 35.5. The third-order valence-corrected chi connectivity index (χ3v) is 13.0. The summed E-state index contributed by atoms with van der Waals surface area (Å²) in [5.41, 5.74) is 7.21. The molecule has 6 aromatic rings. The Morgan fingerprint density at radius 3 is 1.40 bits per heavy atom. The minimum absolute atomic E-state index is 0.00895. The SMILES string of the molecule is COC(=O)CC1N=C(c2ccc(Cl)cc2)c2c(sc(Bc3sc4c(c3C)C(c3ccc(Cl)cc3)=NC(CC(=O)OC)c3nnc(C)n3-4)c2C)-n2c(C)nnc21. The zero-order valence-electron chi connectivity index (χ0n) is 30.7. The van der Waals surface area contributed by atoms with E-state index in [0.29, 0.717) is 40.6 Å². The van der Waals surface area contributed by atoms with Crippen LogP contribution in [0.15, 0.2) is 58.5 Å². The predicted molar refractivity (Wildman–Crippen MR) is 217 cm³/mol. The van der Waals surface area contributed by atoms with Crippen LogP contribution in [0.25, 0.3) is 10.0 Å². The monoisotopic (exact) mass is 810 g/mol. The van der Waals surface area contributed by atoms with Gasteiger partial charge in [-0.3, -0.25) is 28.7 Å². The zero-order valence-corrected chi connectivity index (χ0v) is 33.8. The molecule has 0 radical (unpaired) electrons. The fraction of sp³-hybridized carbons (Fsp3) is 0.263. The number of carbonyl (C=O) groups excluding carboxylic acids is 2. The molecule has 0 saturated heterocycles. The molecule has 0 aliphatic carbocycles. The average Bonchev–Trinajstić information content (AvgIpc) is 3.88. The molecule has 55 heavy (non-hydrogen) atoms. The van der Waals surface area contributed by atoms with Gasteiger partial charge >= 0.3 is 11.9 Å². The number of nitrogens with zero attached hydrogens (tertiary/aromatic N) is 8. The predicted octanol–water partition coefficient (Wildman–Crippen LogP) is 5.81. The molecule has 17 heteroatoms. The third kappa shape index (κ3) is 6.52. The van der Waals surface area contributed by atoms with Crippen molar-refractivity contribution in [2.45, 2.75) is 52.6 Å². The van der Waals surface area contributed by atoms with Crippen molar-refractivity contribution in [3.05, 3.63) is 115 Å². The molecular weight excluding hydrogens is 778 g/mol. The first-order valence-corrected chi connectivity index (χ1v) is 19.8. The second-order valence-electron chi connectivity index (χ2n) is 13.3. The van der Waals surface area contributed by atoms with E-state index in [1.54, 1.807) is 22.7 Å². The largest absolute Gasteiger partial charge is 0.469 e. The number of carbonyl (C=O) groups is 2. The highest BCUT2D eigenvalue weighted by Crippen LogP contribution is 2.39. The van der Waals surface area contributed by atoms with Crippen LogP contribution in [0.2, 0.25) is 10.0 Å².